The quantitative estimate of drug-likeness (QED) is 0.872. The molecule has 0 unspecified atom stereocenters. The summed E-state index contributed by atoms with van der Waals surface area (Å²) in [5.41, 5.74) is 8.65. The Labute approximate surface area is 121 Å². The molecule has 0 aliphatic heterocycles. The summed E-state index contributed by atoms with van der Waals surface area (Å²) >= 11 is 1.28. The Bertz CT molecular complexity index is 664. The third-order valence-electron chi connectivity index (χ3n) is 3.07. The van der Waals surface area contributed by atoms with Crippen molar-refractivity contribution in [3.8, 4) is 10.4 Å². The predicted molar refractivity (Wildman–Crippen MR) is 79.6 cm³/mol. The van der Waals surface area contributed by atoms with Gasteiger partial charge in [0.1, 0.15) is 10.7 Å². The average Bonchev–Trinajstić information content (AvgIpc) is 2.70. The Morgan fingerprint density at radius 3 is 2.70 bits per heavy atom. The number of benzene rings is 1. The molecule has 2 aromatic rings. The summed E-state index contributed by atoms with van der Waals surface area (Å²) in [6.07, 6.45) is 0. The third-order valence-corrected chi connectivity index (χ3v) is 4.41. The van der Waals surface area contributed by atoms with E-state index in [1.165, 1.54) is 17.4 Å². The number of thiophene rings is 1. The molecule has 0 saturated carbocycles. The van der Waals surface area contributed by atoms with Crippen molar-refractivity contribution in [1.29, 1.82) is 0 Å². The molecule has 0 fully saturated rings. The fourth-order valence-corrected chi connectivity index (χ4v) is 3.05. The van der Waals surface area contributed by atoms with Gasteiger partial charge in [0.2, 0.25) is 0 Å². The van der Waals surface area contributed by atoms with E-state index in [4.69, 9.17) is 10.5 Å². The Balaban J connectivity index is 2.50. The first-order valence-electron chi connectivity index (χ1n) is 6.28. The molecule has 20 heavy (non-hydrogen) atoms. The van der Waals surface area contributed by atoms with Crippen LogP contribution in [0.4, 0.5) is 10.1 Å². The number of hydrogen-bond acceptors (Lipinski definition) is 4. The van der Waals surface area contributed by atoms with Crippen LogP contribution < -0.4 is 5.73 Å². The lowest BCUT2D eigenvalue weighted by Crippen LogP contribution is -2.05. The maximum absolute atomic E-state index is 13.3. The Morgan fingerprint density at radius 2 is 2.10 bits per heavy atom. The number of nitrogens with two attached hydrogens (primary N) is 1. The summed E-state index contributed by atoms with van der Waals surface area (Å²) in [7, 11) is 0. The van der Waals surface area contributed by atoms with Gasteiger partial charge in [-0.05, 0) is 49.6 Å². The molecule has 1 heterocycles. The molecule has 0 bridgehead atoms. The second-order valence-corrected chi connectivity index (χ2v) is 5.50. The van der Waals surface area contributed by atoms with E-state index in [0.29, 0.717) is 22.7 Å². The highest BCUT2D eigenvalue weighted by atomic mass is 32.1. The number of aryl methyl sites for hydroxylation is 1. The van der Waals surface area contributed by atoms with Crippen LogP contribution in [0.25, 0.3) is 10.4 Å². The predicted octanol–water partition coefficient (Wildman–Crippen LogP) is 3.93. The SMILES string of the molecule is CCOC(=O)c1sc(-c2ccc(F)c(C)c2)c(C)c1N. The fourth-order valence-electron chi connectivity index (χ4n) is 1.94. The lowest BCUT2D eigenvalue weighted by Gasteiger charge is -2.02. The van der Waals surface area contributed by atoms with Gasteiger partial charge < -0.3 is 10.5 Å². The monoisotopic (exact) mass is 293 g/mol. The van der Waals surface area contributed by atoms with Crippen molar-refractivity contribution in [3.63, 3.8) is 0 Å². The number of ether oxygens (including phenoxy) is 1. The van der Waals surface area contributed by atoms with Crippen LogP contribution in [-0.4, -0.2) is 12.6 Å². The molecule has 2 N–H and O–H groups in total. The zero-order valence-electron chi connectivity index (χ0n) is 11.6. The molecule has 1 aromatic carbocycles. The fraction of sp³-hybridized carbons (Fsp3) is 0.267. The molecule has 0 radical (unpaired) electrons. The van der Waals surface area contributed by atoms with Crippen LogP contribution >= 0.6 is 11.3 Å². The molecule has 106 valence electrons. The maximum Gasteiger partial charge on any atom is 0.350 e. The van der Waals surface area contributed by atoms with Crippen molar-refractivity contribution in [1.82, 2.24) is 0 Å². The number of carbonyl (C=O) groups excluding carboxylic acids is 1. The molecule has 1 aromatic heterocycles. The number of halogens is 1. The number of carbonyl (C=O) groups is 1. The van der Waals surface area contributed by atoms with Gasteiger partial charge in [0.05, 0.1) is 12.3 Å². The molecule has 0 saturated heterocycles. The summed E-state index contributed by atoms with van der Waals surface area (Å²) in [6, 6.07) is 4.86. The second-order valence-electron chi connectivity index (χ2n) is 4.48. The topological polar surface area (TPSA) is 52.3 Å². The van der Waals surface area contributed by atoms with Crippen molar-refractivity contribution in [3.05, 3.63) is 40.0 Å². The largest absolute Gasteiger partial charge is 0.462 e. The third kappa shape index (κ3) is 2.54. The van der Waals surface area contributed by atoms with E-state index in [9.17, 15) is 9.18 Å². The van der Waals surface area contributed by atoms with Crippen LogP contribution in [0.1, 0.15) is 27.7 Å². The normalized spacial score (nSPS) is 10.6. The van der Waals surface area contributed by atoms with Gasteiger partial charge in [-0.25, -0.2) is 9.18 Å². The maximum atomic E-state index is 13.3. The van der Waals surface area contributed by atoms with Gasteiger partial charge in [-0.3, -0.25) is 0 Å². The van der Waals surface area contributed by atoms with Gasteiger partial charge in [0.15, 0.2) is 0 Å². The summed E-state index contributed by atoms with van der Waals surface area (Å²) in [6.45, 7) is 5.61. The van der Waals surface area contributed by atoms with Crippen molar-refractivity contribution in [2.75, 3.05) is 12.3 Å². The van der Waals surface area contributed by atoms with Crippen LogP contribution in [0, 0.1) is 19.7 Å². The highest BCUT2D eigenvalue weighted by molar-refractivity contribution is 7.18. The molecule has 2 rings (SSSR count). The van der Waals surface area contributed by atoms with Crippen LogP contribution in [0.15, 0.2) is 18.2 Å². The summed E-state index contributed by atoms with van der Waals surface area (Å²) in [5.74, 6) is -0.662. The van der Waals surface area contributed by atoms with Crippen molar-refractivity contribution in [2.24, 2.45) is 0 Å². The molecule has 0 aliphatic rings. The zero-order chi connectivity index (χ0) is 14.9. The number of nitrogen functional groups attached to an aromatic ring is 1. The smallest absolute Gasteiger partial charge is 0.350 e. The lowest BCUT2D eigenvalue weighted by atomic mass is 10.1. The highest BCUT2D eigenvalue weighted by Crippen LogP contribution is 2.38. The number of rotatable bonds is 3. The van der Waals surface area contributed by atoms with E-state index in [0.717, 1.165) is 16.0 Å². The number of esters is 1. The minimum atomic E-state index is -0.414. The lowest BCUT2D eigenvalue weighted by molar-refractivity contribution is 0.0533. The van der Waals surface area contributed by atoms with E-state index in [-0.39, 0.29) is 5.82 Å². The van der Waals surface area contributed by atoms with E-state index in [1.54, 1.807) is 26.0 Å². The van der Waals surface area contributed by atoms with Crippen molar-refractivity contribution >= 4 is 23.0 Å². The molecule has 5 heteroatoms. The molecule has 0 atom stereocenters. The van der Waals surface area contributed by atoms with E-state index in [1.807, 2.05) is 6.92 Å². The van der Waals surface area contributed by atoms with Crippen LogP contribution in [0.3, 0.4) is 0 Å². The standard InChI is InChI=1S/C15H16FNO2S/c1-4-19-15(18)14-12(17)9(3)13(20-14)10-5-6-11(16)8(2)7-10/h5-7H,4,17H2,1-3H3. The summed E-state index contributed by atoms with van der Waals surface area (Å²) in [4.78, 5) is 13.1. The minimum Gasteiger partial charge on any atom is -0.462 e. The van der Waals surface area contributed by atoms with Gasteiger partial charge in [-0.15, -0.1) is 11.3 Å². The average molecular weight is 293 g/mol. The Morgan fingerprint density at radius 1 is 1.40 bits per heavy atom. The van der Waals surface area contributed by atoms with Crippen LogP contribution in [0.2, 0.25) is 0 Å². The molecule has 0 amide bonds. The van der Waals surface area contributed by atoms with Crippen LogP contribution in [-0.2, 0) is 4.74 Å². The van der Waals surface area contributed by atoms with Crippen LogP contribution in [0.5, 0.6) is 0 Å². The first-order valence-corrected chi connectivity index (χ1v) is 7.09. The van der Waals surface area contributed by atoms with Gasteiger partial charge >= 0.3 is 5.97 Å². The van der Waals surface area contributed by atoms with E-state index < -0.39 is 5.97 Å². The number of anilines is 1. The number of hydrogen-bond donors (Lipinski definition) is 1. The molecule has 0 aliphatic carbocycles. The van der Waals surface area contributed by atoms with Gasteiger partial charge in [-0.1, -0.05) is 6.07 Å². The highest BCUT2D eigenvalue weighted by Gasteiger charge is 2.20. The molecule has 3 nitrogen and oxygen atoms in total. The Hall–Kier alpha value is -1.88. The molecule has 0 spiro atoms. The van der Waals surface area contributed by atoms with Gasteiger partial charge in [0, 0.05) is 4.88 Å². The minimum absolute atomic E-state index is 0.249. The Kier molecular flexibility index (Phi) is 4.09. The van der Waals surface area contributed by atoms with E-state index in [2.05, 4.69) is 0 Å². The second kappa shape index (κ2) is 5.63. The van der Waals surface area contributed by atoms with Gasteiger partial charge in [-0.2, -0.15) is 0 Å². The zero-order valence-corrected chi connectivity index (χ0v) is 12.4. The first-order chi connectivity index (χ1) is 9.45. The molecular formula is C15H16FNO2S. The first kappa shape index (κ1) is 14.5. The van der Waals surface area contributed by atoms with Gasteiger partial charge in [0.25, 0.3) is 0 Å². The van der Waals surface area contributed by atoms with Crippen molar-refractivity contribution < 1.29 is 13.9 Å². The van der Waals surface area contributed by atoms with E-state index >= 15 is 0 Å². The summed E-state index contributed by atoms with van der Waals surface area (Å²) < 4.78 is 18.3. The molecular weight excluding hydrogens is 277 g/mol. The summed E-state index contributed by atoms with van der Waals surface area (Å²) in [5, 5.41) is 0. The van der Waals surface area contributed by atoms with Crippen molar-refractivity contribution in [2.45, 2.75) is 20.8 Å².